The van der Waals surface area contributed by atoms with Gasteiger partial charge in [0.15, 0.2) is 0 Å². The van der Waals surface area contributed by atoms with Crippen LogP contribution in [0.25, 0.3) is 0 Å². The molecule has 1 aromatic rings. The van der Waals surface area contributed by atoms with Gasteiger partial charge in [0.25, 0.3) is 0 Å². The molecule has 1 saturated heterocycles. The molecule has 0 saturated carbocycles. The first kappa shape index (κ1) is 15.9. The number of rotatable bonds is 4. The molecule has 0 atom stereocenters. The van der Waals surface area contributed by atoms with Crippen LogP contribution in [0.2, 0.25) is 0 Å². The minimum absolute atomic E-state index is 0.440. The number of nitrogens with two attached hydrogens (primary N) is 1. The van der Waals surface area contributed by atoms with E-state index in [0.717, 1.165) is 24.2 Å². The first-order valence-corrected chi connectivity index (χ1v) is 7.31. The van der Waals surface area contributed by atoms with E-state index in [4.69, 9.17) is 5.73 Å². The summed E-state index contributed by atoms with van der Waals surface area (Å²) in [5.41, 5.74) is 8.85. The number of hydrogen-bond acceptors (Lipinski definition) is 3. The third kappa shape index (κ3) is 4.52. The van der Waals surface area contributed by atoms with Crippen molar-refractivity contribution in [2.75, 3.05) is 43.4 Å². The summed E-state index contributed by atoms with van der Waals surface area (Å²) in [6.07, 6.45) is -2.16. The van der Waals surface area contributed by atoms with Gasteiger partial charge in [0, 0.05) is 37.6 Å². The van der Waals surface area contributed by atoms with Crippen LogP contribution in [0.5, 0.6) is 0 Å². The number of benzene rings is 1. The second kappa shape index (κ2) is 6.56. The van der Waals surface area contributed by atoms with Crippen molar-refractivity contribution in [1.29, 1.82) is 0 Å². The SMILES string of the molecule is CCCc1cc(N)ccc1N1CCN(CC(F)(F)F)CC1. The minimum atomic E-state index is -4.11. The zero-order chi connectivity index (χ0) is 15.5. The van der Waals surface area contributed by atoms with E-state index in [-0.39, 0.29) is 0 Å². The Balaban J connectivity index is 2.02. The van der Waals surface area contributed by atoms with Gasteiger partial charge in [0.05, 0.1) is 6.54 Å². The van der Waals surface area contributed by atoms with Crippen LogP contribution in [-0.2, 0) is 6.42 Å². The lowest BCUT2D eigenvalue weighted by molar-refractivity contribution is -0.146. The van der Waals surface area contributed by atoms with Crippen LogP contribution in [0, 0.1) is 0 Å². The highest BCUT2D eigenvalue weighted by Gasteiger charge is 2.32. The maximum Gasteiger partial charge on any atom is 0.401 e. The molecule has 1 fully saturated rings. The monoisotopic (exact) mass is 301 g/mol. The molecule has 0 spiro atoms. The van der Waals surface area contributed by atoms with Gasteiger partial charge in [-0.25, -0.2) is 0 Å². The molecule has 1 aliphatic rings. The van der Waals surface area contributed by atoms with Gasteiger partial charge < -0.3 is 10.6 Å². The van der Waals surface area contributed by atoms with Crippen LogP contribution >= 0.6 is 0 Å². The Bertz CT molecular complexity index is 466. The molecule has 118 valence electrons. The molecule has 2 N–H and O–H groups in total. The Hall–Kier alpha value is -1.43. The van der Waals surface area contributed by atoms with Crippen LogP contribution < -0.4 is 10.6 Å². The molecule has 0 radical (unpaired) electrons. The van der Waals surface area contributed by atoms with Crippen molar-refractivity contribution in [1.82, 2.24) is 4.90 Å². The van der Waals surface area contributed by atoms with Crippen LogP contribution in [0.1, 0.15) is 18.9 Å². The quantitative estimate of drug-likeness (QED) is 0.868. The van der Waals surface area contributed by atoms with Gasteiger partial charge in [-0.2, -0.15) is 13.2 Å². The van der Waals surface area contributed by atoms with E-state index < -0.39 is 12.7 Å². The third-order valence-corrected chi connectivity index (χ3v) is 3.74. The molecule has 1 heterocycles. The van der Waals surface area contributed by atoms with Gasteiger partial charge in [0.2, 0.25) is 0 Å². The summed E-state index contributed by atoms with van der Waals surface area (Å²) in [4.78, 5) is 3.63. The number of nitrogens with zero attached hydrogens (tertiary/aromatic N) is 2. The predicted molar refractivity (Wildman–Crippen MR) is 79.6 cm³/mol. The Morgan fingerprint density at radius 2 is 1.81 bits per heavy atom. The van der Waals surface area contributed by atoms with Crippen molar-refractivity contribution in [3.8, 4) is 0 Å². The number of alkyl halides is 3. The zero-order valence-corrected chi connectivity index (χ0v) is 12.3. The molecule has 0 unspecified atom stereocenters. The zero-order valence-electron chi connectivity index (χ0n) is 12.3. The highest BCUT2D eigenvalue weighted by molar-refractivity contribution is 5.60. The number of piperazine rings is 1. The van der Waals surface area contributed by atoms with E-state index in [1.165, 1.54) is 10.5 Å². The summed E-state index contributed by atoms with van der Waals surface area (Å²) in [6.45, 7) is 3.41. The molecule has 1 aliphatic heterocycles. The van der Waals surface area contributed by atoms with Crippen LogP contribution in [0.3, 0.4) is 0 Å². The largest absolute Gasteiger partial charge is 0.401 e. The molecule has 6 heteroatoms. The van der Waals surface area contributed by atoms with Crippen molar-refractivity contribution in [2.24, 2.45) is 0 Å². The molecule has 0 aliphatic carbocycles. The van der Waals surface area contributed by atoms with Gasteiger partial charge in [-0.15, -0.1) is 0 Å². The fourth-order valence-corrected chi connectivity index (χ4v) is 2.78. The summed E-state index contributed by atoms with van der Waals surface area (Å²) < 4.78 is 37.2. The Morgan fingerprint density at radius 1 is 1.14 bits per heavy atom. The molecular weight excluding hydrogens is 279 g/mol. The van der Waals surface area contributed by atoms with Gasteiger partial charge in [-0.1, -0.05) is 13.3 Å². The van der Waals surface area contributed by atoms with E-state index in [2.05, 4.69) is 11.8 Å². The molecular formula is C15H22F3N3. The minimum Gasteiger partial charge on any atom is -0.399 e. The first-order valence-electron chi connectivity index (χ1n) is 7.31. The van der Waals surface area contributed by atoms with Crippen LogP contribution in [0.15, 0.2) is 18.2 Å². The number of aryl methyl sites for hydroxylation is 1. The van der Waals surface area contributed by atoms with E-state index >= 15 is 0 Å². The summed E-state index contributed by atoms with van der Waals surface area (Å²) in [7, 11) is 0. The van der Waals surface area contributed by atoms with Crippen molar-refractivity contribution < 1.29 is 13.2 Å². The lowest BCUT2D eigenvalue weighted by Crippen LogP contribution is -2.49. The van der Waals surface area contributed by atoms with Gasteiger partial charge in [0.1, 0.15) is 0 Å². The lowest BCUT2D eigenvalue weighted by Gasteiger charge is -2.37. The third-order valence-electron chi connectivity index (χ3n) is 3.74. The summed E-state index contributed by atoms with van der Waals surface area (Å²) in [5, 5.41) is 0. The van der Waals surface area contributed by atoms with Crippen LogP contribution in [0.4, 0.5) is 24.5 Å². The average molecular weight is 301 g/mol. The predicted octanol–water partition coefficient (Wildman–Crippen LogP) is 2.91. The number of anilines is 2. The molecule has 0 amide bonds. The molecule has 0 bridgehead atoms. The van der Waals surface area contributed by atoms with Crippen molar-refractivity contribution >= 4 is 11.4 Å². The highest BCUT2D eigenvalue weighted by atomic mass is 19.4. The molecule has 2 rings (SSSR count). The van der Waals surface area contributed by atoms with Crippen molar-refractivity contribution in [3.63, 3.8) is 0 Å². The fraction of sp³-hybridized carbons (Fsp3) is 0.600. The standard InChI is InChI=1S/C15H22F3N3/c1-2-3-12-10-13(19)4-5-14(12)21-8-6-20(7-9-21)11-15(16,17)18/h4-5,10H,2-3,6-9,11,19H2,1H3. The topological polar surface area (TPSA) is 32.5 Å². The van der Waals surface area contributed by atoms with Crippen LogP contribution in [-0.4, -0.2) is 43.8 Å². The molecule has 1 aromatic carbocycles. The summed E-state index contributed by atoms with van der Waals surface area (Å²) in [6, 6.07) is 5.82. The number of hydrogen-bond donors (Lipinski definition) is 1. The summed E-state index contributed by atoms with van der Waals surface area (Å²) >= 11 is 0. The fourth-order valence-electron chi connectivity index (χ4n) is 2.78. The highest BCUT2D eigenvalue weighted by Crippen LogP contribution is 2.26. The van der Waals surface area contributed by atoms with E-state index in [1.807, 2.05) is 18.2 Å². The maximum absolute atomic E-state index is 12.4. The Kier molecular flexibility index (Phi) is 4.98. The van der Waals surface area contributed by atoms with Gasteiger partial charge in [-0.05, 0) is 30.2 Å². The first-order chi connectivity index (χ1) is 9.89. The van der Waals surface area contributed by atoms with E-state index in [1.54, 1.807) is 0 Å². The van der Waals surface area contributed by atoms with E-state index in [9.17, 15) is 13.2 Å². The number of nitrogen functional groups attached to an aromatic ring is 1. The Labute approximate surface area is 123 Å². The lowest BCUT2D eigenvalue weighted by atomic mass is 10.1. The van der Waals surface area contributed by atoms with Crippen molar-refractivity contribution in [3.05, 3.63) is 23.8 Å². The smallest absolute Gasteiger partial charge is 0.399 e. The molecule has 0 aromatic heterocycles. The number of halogens is 3. The maximum atomic E-state index is 12.4. The molecule has 3 nitrogen and oxygen atoms in total. The molecule has 21 heavy (non-hydrogen) atoms. The summed E-state index contributed by atoms with van der Waals surface area (Å²) in [5.74, 6) is 0. The normalized spacial score (nSPS) is 17.2. The van der Waals surface area contributed by atoms with Crippen molar-refractivity contribution in [2.45, 2.75) is 25.9 Å². The van der Waals surface area contributed by atoms with E-state index in [0.29, 0.717) is 26.2 Å². The Morgan fingerprint density at radius 3 is 2.38 bits per heavy atom. The average Bonchev–Trinajstić information content (AvgIpc) is 2.39. The van der Waals surface area contributed by atoms with Gasteiger partial charge in [-0.3, -0.25) is 4.90 Å². The van der Waals surface area contributed by atoms with Gasteiger partial charge >= 0.3 is 6.18 Å². The second-order valence-corrected chi connectivity index (χ2v) is 5.52. The second-order valence-electron chi connectivity index (χ2n) is 5.52.